The van der Waals surface area contributed by atoms with Gasteiger partial charge in [-0.1, -0.05) is 61.5 Å². The van der Waals surface area contributed by atoms with Gasteiger partial charge >= 0.3 is 0 Å². The van der Waals surface area contributed by atoms with E-state index < -0.39 is 6.10 Å². The number of ether oxygens (including phenoxy) is 1. The van der Waals surface area contributed by atoms with Crippen LogP contribution in [0.25, 0.3) is 11.3 Å². The first-order valence-corrected chi connectivity index (χ1v) is 11.4. The van der Waals surface area contributed by atoms with Crippen molar-refractivity contribution in [3.63, 3.8) is 0 Å². The highest BCUT2D eigenvalue weighted by Crippen LogP contribution is 2.34. The average Bonchev–Trinajstić information content (AvgIpc) is 3.12. The first-order valence-electron chi connectivity index (χ1n) is 11.4. The summed E-state index contributed by atoms with van der Waals surface area (Å²) in [6, 6.07) is 20.3. The lowest BCUT2D eigenvalue weighted by Crippen LogP contribution is -2.38. The number of benzene rings is 2. The molecule has 3 rings (SSSR count). The lowest BCUT2D eigenvalue weighted by atomic mass is 10.1. The van der Waals surface area contributed by atoms with E-state index in [0.29, 0.717) is 25.6 Å². The molecule has 0 bridgehead atoms. The van der Waals surface area contributed by atoms with E-state index in [1.165, 1.54) is 0 Å². The Labute approximate surface area is 192 Å². The molecule has 1 heterocycles. The van der Waals surface area contributed by atoms with Crippen molar-refractivity contribution in [2.75, 3.05) is 6.54 Å². The first kappa shape index (κ1) is 23.8. The summed E-state index contributed by atoms with van der Waals surface area (Å²) in [5.74, 6) is 1.50. The van der Waals surface area contributed by atoms with Crippen LogP contribution in [0.1, 0.15) is 38.7 Å². The fraction of sp³-hybridized carbons (Fsp3) is 0.370. The number of rotatable bonds is 12. The van der Waals surface area contributed by atoms with Gasteiger partial charge in [-0.3, -0.25) is 4.90 Å². The quantitative estimate of drug-likeness (QED) is 0.366. The van der Waals surface area contributed by atoms with Crippen molar-refractivity contribution in [2.24, 2.45) is 7.05 Å². The molecule has 0 aliphatic rings. The Bertz CT molecular complexity index is 969. The summed E-state index contributed by atoms with van der Waals surface area (Å²) >= 11 is 0. The molecule has 5 nitrogen and oxygen atoms in total. The molecule has 3 aromatic rings. The second kappa shape index (κ2) is 11.7. The van der Waals surface area contributed by atoms with E-state index in [1.807, 2.05) is 66.3 Å². The summed E-state index contributed by atoms with van der Waals surface area (Å²) in [4.78, 5) is 2.33. The Morgan fingerprint density at radius 1 is 1.12 bits per heavy atom. The number of para-hydroxylation sites is 1. The molecule has 0 radical (unpaired) electrons. The maximum Gasteiger partial charge on any atom is 0.222 e. The van der Waals surface area contributed by atoms with Gasteiger partial charge in [0.2, 0.25) is 5.88 Å². The number of aliphatic hydroxyl groups excluding tert-OH is 1. The van der Waals surface area contributed by atoms with Gasteiger partial charge in [0.15, 0.2) is 0 Å². The van der Waals surface area contributed by atoms with Gasteiger partial charge in [-0.2, -0.15) is 5.10 Å². The molecule has 32 heavy (non-hydrogen) atoms. The fourth-order valence-corrected chi connectivity index (χ4v) is 3.78. The summed E-state index contributed by atoms with van der Waals surface area (Å²) in [6.45, 7) is 9.39. The molecule has 0 aliphatic carbocycles. The molecule has 1 aromatic heterocycles. The zero-order valence-corrected chi connectivity index (χ0v) is 19.4. The topological polar surface area (TPSA) is 50.5 Å². The van der Waals surface area contributed by atoms with Crippen LogP contribution in [0.4, 0.5) is 0 Å². The van der Waals surface area contributed by atoms with Gasteiger partial charge in [0.1, 0.15) is 11.4 Å². The highest BCUT2D eigenvalue weighted by molar-refractivity contribution is 5.65. The van der Waals surface area contributed by atoms with Crippen molar-refractivity contribution in [3.05, 3.63) is 78.9 Å². The normalized spacial score (nSPS) is 13.2. The molecule has 0 unspecified atom stereocenters. The third kappa shape index (κ3) is 6.09. The molecule has 5 heteroatoms. The smallest absolute Gasteiger partial charge is 0.222 e. The van der Waals surface area contributed by atoms with E-state index >= 15 is 0 Å². The Kier molecular flexibility index (Phi) is 8.65. The van der Waals surface area contributed by atoms with Crippen LogP contribution in [0.3, 0.4) is 0 Å². The van der Waals surface area contributed by atoms with Gasteiger partial charge in [0.25, 0.3) is 0 Å². The second-order valence-corrected chi connectivity index (χ2v) is 8.24. The average molecular weight is 434 g/mol. The lowest BCUT2D eigenvalue weighted by Gasteiger charge is -2.30. The van der Waals surface area contributed by atoms with Gasteiger partial charge in [0.05, 0.1) is 11.7 Å². The number of allylic oxidation sites excluding steroid dienone is 1. The minimum atomic E-state index is -0.405. The number of hydrogen-bond donors (Lipinski definition) is 1. The third-order valence-electron chi connectivity index (χ3n) is 5.82. The number of aryl methyl sites for hydroxylation is 1. The summed E-state index contributed by atoms with van der Waals surface area (Å²) < 4.78 is 8.14. The third-order valence-corrected chi connectivity index (χ3v) is 5.82. The Balaban J connectivity index is 1.99. The molecule has 0 spiro atoms. The van der Waals surface area contributed by atoms with Crippen molar-refractivity contribution in [3.8, 4) is 22.9 Å². The number of aliphatic hydroxyl groups is 1. The number of aromatic nitrogens is 2. The van der Waals surface area contributed by atoms with Gasteiger partial charge in [-0.25, -0.2) is 4.68 Å². The maximum atomic E-state index is 10.6. The molecule has 170 valence electrons. The SMILES string of the molecule is C=CCC[C@H](O)CN(Cc1c(-c2ccccc2)nn(C)c1Oc1ccccc1)[C@@H](C)CC. The van der Waals surface area contributed by atoms with Crippen LogP contribution in [0.15, 0.2) is 73.3 Å². The molecule has 0 aliphatic heterocycles. The largest absolute Gasteiger partial charge is 0.439 e. The predicted octanol–water partition coefficient (Wildman–Crippen LogP) is 5.81. The zero-order chi connectivity index (χ0) is 22.9. The lowest BCUT2D eigenvalue weighted by molar-refractivity contribution is 0.0796. The molecule has 2 aromatic carbocycles. The van der Waals surface area contributed by atoms with E-state index in [9.17, 15) is 5.11 Å². The summed E-state index contributed by atoms with van der Waals surface area (Å²) in [5.41, 5.74) is 2.99. The molecule has 0 saturated heterocycles. The van der Waals surface area contributed by atoms with Crippen molar-refractivity contribution < 1.29 is 9.84 Å². The Hall–Kier alpha value is -2.89. The summed E-state index contributed by atoms with van der Waals surface area (Å²) in [7, 11) is 1.92. The highest BCUT2D eigenvalue weighted by Gasteiger charge is 2.25. The fourth-order valence-electron chi connectivity index (χ4n) is 3.78. The number of hydrogen-bond acceptors (Lipinski definition) is 4. The molecule has 0 amide bonds. The maximum absolute atomic E-state index is 10.6. The second-order valence-electron chi connectivity index (χ2n) is 8.24. The van der Waals surface area contributed by atoms with Crippen molar-refractivity contribution in [1.82, 2.24) is 14.7 Å². The van der Waals surface area contributed by atoms with Crippen LogP contribution in [0, 0.1) is 0 Å². The highest BCUT2D eigenvalue weighted by atomic mass is 16.5. The van der Waals surface area contributed by atoms with Crippen molar-refractivity contribution in [2.45, 2.75) is 51.8 Å². The van der Waals surface area contributed by atoms with Crippen LogP contribution in [0.5, 0.6) is 11.6 Å². The van der Waals surface area contributed by atoms with Crippen molar-refractivity contribution in [1.29, 1.82) is 0 Å². The van der Waals surface area contributed by atoms with E-state index in [0.717, 1.165) is 41.3 Å². The van der Waals surface area contributed by atoms with Crippen molar-refractivity contribution >= 4 is 0 Å². The predicted molar refractivity (Wildman–Crippen MR) is 131 cm³/mol. The van der Waals surface area contributed by atoms with Gasteiger partial charge in [-0.05, 0) is 38.3 Å². The molecule has 0 fully saturated rings. The Morgan fingerprint density at radius 3 is 2.41 bits per heavy atom. The first-order chi connectivity index (χ1) is 15.5. The van der Waals surface area contributed by atoms with Crippen LogP contribution in [-0.4, -0.2) is 38.5 Å². The number of nitrogens with zero attached hydrogens (tertiary/aromatic N) is 3. The van der Waals surface area contributed by atoms with Crippen LogP contribution < -0.4 is 4.74 Å². The van der Waals surface area contributed by atoms with Crippen LogP contribution in [0.2, 0.25) is 0 Å². The minimum absolute atomic E-state index is 0.307. The van der Waals surface area contributed by atoms with E-state index in [4.69, 9.17) is 9.84 Å². The molecule has 0 saturated carbocycles. The zero-order valence-electron chi connectivity index (χ0n) is 19.4. The molecular weight excluding hydrogens is 398 g/mol. The standard InChI is InChI=1S/C27H35N3O2/c1-5-7-16-23(31)19-30(21(3)6-2)20-25-26(22-14-10-8-11-15-22)28-29(4)27(25)32-24-17-12-9-13-18-24/h5,8-15,17-18,21,23,31H,1,6-7,16,19-20H2,2-4H3/t21-,23-/m0/s1. The summed E-state index contributed by atoms with van der Waals surface area (Å²) in [6.07, 6.45) is 3.96. The summed E-state index contributed by atoms with van der Waals surface area (Å²) in [5, 5.41) is 15.5. The molecular formula is C27H35N3O2. The van der Waals surface area contributed by atoms with Crippen LogP contribution in [-0.2, 0) is 13.6 Å². The van der Waals surface area contributed by atoms with E-state index in [-0.39, 0.29) is 0 Å². The van der Waals surface area contributed by atoms with E-state index in [1.54, 1.807) is 0 Å². The minimum Gasteiger partial charge on any atom is -0.439 e. The van der Waals surface area contributed by atoms with Crippen LogP contribution >= 0.6 is 0 Å². The Morgan fingerprint density at radius 2 is 1.78 bits per heavy atom. The van der Waals surface area contributed by atoms with E-state index in [2.05, 4.69) is 37.5 Å². The van der Waals surface area contributed by atoms with Gasteiger partial charge in [-0.15, -0.1) is 6.58 Å². The van der Waals surface area contributed by atoms with Gasteiger partial charge in [0, 0.05) is 31.7 Å². The van der Waals surface area contributed by atoms with Gasteiger partial charge < -0.3 is 9.84 Å². The molecule has 1 N–H and O–H groups in total. The monoisotopic (exact) mass is 433 g/mol. The molecule has 2 atom stereocenters.